The molecule has 1 aliphatic rings. The predicted octanol–water partition coefficient (Wildman–Crippen LogP) is 8.37. The summed E-state index contributed by atoms with van der Waals surface area (Å²) in [4.78, 5) is 13.8. The molecule has 252 valence electrons. The molecule has 3 aromatic heterocycles. The van der Waals surface area contributed by atoms with Crippen LogP contribution < -0.4 is 5.73 Å². The maximum absolute atomic E-state index is 7.36. The Morgan fingerprint density at radius 1 is 0.822 bits per heavy atom. The number of rotatable bonds is 9. The Labute approximate surface area is 273 Å². The molecule has 1 fully saturated rings. The van der Waals surface area contributed by atoms with Crippen LogP contribution in [0.4, 0.5) is 5.82 Å². The second-order valence-corrected chi connectivity index (χ2v) is 31.4. The summed E-state index contributed by atoms with van der Waals surface area (Å²) in [7, 11) is -6.79. The number of furan rings is 1. The van der Waals surface area contributed by atoms with Crippen molar-refractivity contribution in [3.63, 3.8) is 0 Å². The highest BCUT2D eigenvalue weighted by Crippen LogP contribution is 2.48. The van der Waals surface area contributed by atoms with Crippen molar-refractivity contribution in [1.82, 2.24) is 19.5 Å². The van der Waals surface area contributed by atoms with Gasteiger partial charge in [-0.2, -0.15) is 0 Å². The molecule has 0 aromatic carbocycles. The van der Waals surface area contributed by atoms with Crippen molar-refractivity contribution in [2.45, 2.75) is 141 Å². The van der Waals surface area contributed by atoms with E-state index in [1.165, 1.54) is 6.33 Å². The van der Waals surface area contributed by atoms with Crippen LogP contribution in [0, 0.1) is 0 Å². The minimum absolute atomic E-state index is 0.0276. The fraction of sp³-hybridized carbons (Fsp3) is 0.719. The molecular weight excluding hydrogens is 619 g/mol. The van der Waals surface area contributed by atoms with Crippen LogP contribution in [0.1, 0.15) is 68.5 Å². The SMILES string of the molecule is CC(C)(C)[Si](C)(C)OC[C@H]1O[C@@H](n2c(-c3ccco3)nc3c(N)ncnc32)[C@H](O[Si](C)(C)C(C)(C)C)[C@@H]1O[Si](C)(C)C(C)(C)C. The fourth-order valence-corrected chi connectivity index (χ4v) is 8.22. The smallest absolute Gasteiger partial charge is 0.192 e. The molecule has 4 rings (SSSR count). The monoisotopic (exact) mass is 675 g/mol. The van der Waals surface area contributed by atoms with Crippen molar-refractivity contribution in [2.75, 3.05) is 12.3 Å². The number of hydrogen-bond donors (Lipinski definition) is 1. The molecule has 3 aromatic rings. The summed E-state index contributed by atoms with van der Waals surface area (Å²) in [5.41, 5.74) is 7.39. The lowest BCUT2D eigenvalue weighted by atomic mass is 10.1. The Kier molecular flexibility index (Phi) is 9.57. The number of hydrogen-bond acceptors (Lipinski definition) is 9. The Bertz CT molecular complexity index is 1470. The molecule has 45 heavy (non-hydrogen) atoms. The van der Waals surface area contributed by atoms with Crippen molar-refractivity contribution in [3.05, 3.63) is 24.7 Å². The van der Waals surface area contributed by atoms with Gasteiger partial charge in [0.2, 0.25) is 0 Å². The van der Waals surface area contributed by atoms with Crippen LogP contribution in [0.5, 0.6) is 0 Å². The van der Waals surface area contributed by atoms with Crippen molar-refractivity contribution >= 4 is 41.9 Å². The first-order chi connectivity index (χ1) is 20.4. The molecule has 0 radical (unpaired) electrons. The zero-order chi connectivity index (χ0) is 34.0. The van der Waals surface area contributed by atoms with Crippen LogP contribution in [0.3, 0.4) is 0 Å². The van der Waals surface area contributed by atoms with Gasteiger partial charge in [0.05, 0.1) is 12.9 Å². The molecule has 0 aliphatic carbocycles. The van der Waals surface area contributed by atoms with Crippen molar-refractivity contribution in [1.29, 1.82) is 0 Å². The van der Waals surface area contributed by atoms with Crippen molar-refractivity contribution in [3.8, 4) is 11.6 Å². The zero-order valence-electron chi connectivity index (χ0n) is 30.2. The molecule has 1 aliphatic heterocycles. The van der Waals surface area contributed by atoms with Gasteiger partial charge < -0.3 is 28.2 Å². The van der Waals surface area contributed by atoms with E-state index in [1.807, 2.05) is 16.7 Å². The standard InChI is InChI=1S/C32H57N5O5Si3/c1-30(2,3)43(10,11)39-19-22-24(41-44(12,13)31(4,5)6)25(42-45(14,15)32(7,8)9)29(40-22)37-27(21-17-16-18-38-21)36-23-26(33)34-20-35-28(23)37/h16-18,20,22,24-25,29H,19H2,1-15H3,(H2,33,34,35)/t22-,24-,25-,29-/m1/s1. The molecule has 0 amide bonds. The van der Waals surface area contributed by atoms with Crippen LogP contribution in [0.15, 0.2) is 29.1 Å². The van der Waals surface area contributed by atoms with Gasteiger partial charge in [0.1, 0.15) is 24.6 Å². The van der Waals surface area contributed by atoms with Gasteiger partial charge in [-0.3, -0.25) is 4.57 Å². The highest BCUT2D eigenvalue weighted by atomic mass is 28.4. The Morgan fingerprint density at radius 2 is 1.38 bits per heavy atom. The topological polar surface area (TPSA) is 120 Å². The molecule has 2 N–H and O–H groups in total. The lowest BCUT2D eigenvalue weighted by Gasteiger charge is -2.44. The van der Waals surface area contributed by atoms with Crippen LogP contribution in [-0.4, -0.2) is 69.4 Å². The molecule has 4 atom stereocenters. The minimum Gasteiger partial charge on any atom is -0.461 e. The van der Waals surface area contributed by atoms with Gasteiger partial charge in [0, 0.05) is 0 Å². The van der Waals surface area contributed by atoms with Crippen LogP contribution in [0.2, 0.25) is 54.4 Å². The van der Waals surface area contributed by atoms with Crippen LogP contribution in [-0.2, 0) is 18.0 Å². The largest absolute Gasteiger partial charge is 0.461 e. The molecule has 0 bridgehead atoms. The lowest BCUT2D eigenvalue weighted by molar-refractivity contribution is -0.0463. The molecule has 0 saturated carbocycles. The van der Waals surface area contributed by atoms with Gasteiger partial charge in [-0.05, 0) is 66.5 Å². The molecule has 1 saturated heterocycles. The quantitative estimate of drug-likeness (QED) is 0.223. The van der Waals surface area contributed by atoms with E-state index in [4.69, 9.17) is 33.1 Å². The first-order valence-corrected chi connectivity index (χ1v) is 24.8. The van der Waals surface area contributed by atoms with E-state index >= 15 is 0 Å². The van der Waals surface area contributed by atoms with E-state index in [0.717, 1.165) is 0 Å². The molecule has 0 unspecified atom stereocenters. The van der Waals surface area contributed by atoms with Crippen molar-refractivity contribution in [2.24, 2.45) is 0 Å². The Morgan fingerprint density at radius 3 is 1.89 bits per heavy atom. The number of fused-ring (bicyclic) bond motifs is 1. The highest BCUT2D eigenvalue weighted by molar-refractivity contribution is 6.75. The van der Waals surface area contributed by atoms with Gasteiger partial charge in [-0.1, -0.05) is 62.3 Å². The summed E-state index contributed by atoms with van der Waals surface area (Å²) in [5.74, 6) is 1.41. The molecule has 0 spiro atoms. The predicted molar refractivity (Wildman–Crippen MR) is 189 cm³/mol. The van der Waals surface area contributed by atoms with Crippen LogP contribution >= 0.6 is 0 Å². The van der Waals surface area contributed by atoms with E-state index in [1.54, 1.807) is 6.26 Å². The van der Waals surface area contributed by atoms with Gasteiger partial charge in [0.25, 0.3) is 0 Å². The van der Waals surface area contributed by atoms with Gasteiger partial charge in [0.15, 0.2) is 59.7 Å². The average molecular weight is 676 g/mol. The van der Waals surface area contributed by atoms with E-state index < -0.39 is 49.5 Å². The van der Waals surface area contributed by atoms with Gasteiger partial charge >= 0.3 is 0 Å². The molecule has 13 heteroatoms. The highest BCUT2D eigenvalue weighted by Gasteiger charge is 2.55. The van der Waals surface area contributed by atoms with E-state index in [2.05, 4.69) is 112 Å². The maximum atomic E-state index is 7.36. The summed E-state index contributed by atoms with van der Waals surface area (Å²) >= 11 is 0. The third-order valence-corrected chi connectivity index (χ3v) is 24.1. The van der Waals surface area contributed by atoms with E-state index in [-0.39, 0.29) is 15.1 Å². The zero-order valence-corrected chi connectivity index (χ0v) is 33.2. The third-order valence-electron chi connectivity index (χ3n) is 10.7. The number of nitrogens with two attached hydrogens (primary N) is 1. The Hall–Kier alpha value is -1.88. The van der Waals surface area contributed by atoms with E-state index in [9.17, 15) is 0 Å². The second-order valence-electron chi connectivity index (χ2n) is 17.0. The second kappa shape index (κ2) is 12.0. The fourth-order valence-electron chi connectivity index (χ4n) is 4.61. The first-order valence-electron chi connectivity index (χ1n) is 16.1. The number of ether oxygens (including phenoxy) is 1. The lowest BCUT2D eigenvalue weighted by Crippen LogP contribution is -2.54. The van der Waals surface area contributed by atoms with Gasteiger partial charge in [-0.25, -0.2) is 15.0 Å². The molecule has 10 nitrogen and oxygen atoms in total. The summed E-state index contributed by atoms with van der Waals surface area (Å²) in [6, 6.07) is 3.72. The molecule has 4 heterocycles. The van der Waals surface area contributed by atoms with Crippen molar-refractivity contribution < 1.29 is 22.4 Å². The maximum Gasteiger partial charge on any atom is 0.192 e. The van der Waals surface area contributed by atoms with Crippen LogP contribution in [0.25, 0.3) is 22.7 Å². The number of nitrogen functional groups attached to an aromatic ring is 1. The minimum atomic E-state index is -2.36. The van der Waals surface area contributed by atoms with E-state index in [0.29, 0.717) is 35.2 Å². The normalized spacial score (nSPS) is 22.5. The summed E-state index contributed by atoms with van der Waals surface area (Å²) < 4.78 is 36.5. The number of imidazole rings is 1. The summed E-state index contributed by atoms with van der Waals surface area (Å²) in [5, 5.41) is -0.0400. The average Bonchev–Trinajstić information content (AvgIpc) is 3.59. The van der Waals surface area contributed by atoms with Gasteiger partial charge in [-0.15, -0.1) is 0 Å². The number of aromatic nitrogens is 4. The number of anilines is 1. The summed E-state index contributed by atoms with van der Waals surface area (Å²) in [6.07, 6.45) is 1.19. The molecular formula is C32H57N5O5Si3. The summed E-state index contributed by atoms with van der Waals surface area (Å²) in [6.45, 7) is 34.3. The Balaban J connectivity index is 1.94. The number of nitrogens with zero attached hydrogens (tertiary/aromatic N) is 4. The first kappa shape index (κ1) is 36.0. The third kappa shape index (κ3) is 7.04.